The molecule has 3 rings (SSSR count). The molecule has 0 saturated carbocycles. The van der Waals surface area contributed by atoms with Crippen LogP contribution in [-0.2, 0) is 29.1 Å². The molecule has 0 aliphatic carbocycles. The van der Waals surface area contributed by atoms with Gasteiger partial charge in [0.15, 0.2) is 5.16 Å². The number of hydrogen-bond acceptors (Lipinski definition) is 6. The minimum Gasteiger partial charge on any atom is -0.497 e. The van der Waals surface area contributed by atoms with E-state index >= 15 is 0 Å². The summed E-state index contributed by atoms with van der Waals surface area (Å²) in [5, 5.41) is 5.92. The molecule has 0 bridgehead atoms. The monoisotopic (exact) mass is 452 g/mol. The molecule has 32 heavy (non-hydrogen) atoms. The molecular weight excluding hydrogens is 428 g/mol. The molecule has 0 radical (unpaired) electrons. The van der Waals surface area contributed by atoms with E-state index in [4.69, 9.17) is 4.74 Å². The van der Waals surface area contributed by atoms with Crippen LogP contribution in [0.25, 0.3) is 0 Å². The van der Waals surface area contributed by atoms with Crippen LogP contribution in [-0.4, -0.2) is 34.6 Å². The third-order valence-electron chi connectivity index (χ3n) is 4.41. The average molecular weight is 453 g/mol. The van der Waals surface area contributed by atoms with Crippen molar-refractivity contribution in [1.82, 2.24) is 20.6 Å². The van der Waals surface area contributed by atoms with E-state index in [1.54, 1.807) is 7.11 Å². The predicted octanol–water partition coefficient (Wildman–Crippen LogP) is 2.05. The Hall–Kier alpha value is -3.59. The van der Waals surface area contributed by atoms with E-state index in [-0.39, 0.29) is 29.5 Å². The van der Waals surface area contributed by atoms with Crippen LogP contribution in [0.2, 0.25) is 0 Å². The van der Waals surface area contributed by atoms with E-state index in [1.807, 2.05) is 54.6 Å². The average Bonchev–Trinajstić information content (AvgIpc) is 2.80. The van der Waals surface area contributed by atoms with Crippen LogP contribution in [0.5, 0.6) is 5.75 Å². The fraction of sp³-hybridized carbons (Fsp3) is 0.217. The predicted molar refractivity (Wildman–Crippen MR) is 122 cm³/mol. The first kappa shape index (κ1) is 23.1. The number of rotatable bonds is 10. The normalized spacial score (nSPS) is 10.4. The molecule has 0 unspecified atom stereocenters. The molecular formula is C23H24N4O4S. The third-order valence-corrected chi connectivity index (χ3v) is 5.28. The molecule has 1 aromatic heterocycles. The summed E-state index contributed by atoms with van der Waals surface area (Å²) < 4.78 is 5.17. The molecule has 2 aromatic carbocycles. The maximum Gasteiger partial charge on any atom is 0.251 e. The summed E-state index contributed by atoms with van der Waals surface area (Å²) in [6.07, 6.45) is -0.0400. The van der Waals surface area contributed by atoms with E-state index < -0.39 is 0 Å². The number of methoxy groups -OCH3 is 1. The molecule has 0 saturated heterocycles. The smallest absolute Gasteiger partial charge is 0.251 e. The summed E-state index contributed by atoms with van der Waals surface area (Å²) in [5.74, 6) is 0.370. The van der Waals surface area contributed by atoms with Crippen molar-refractivity contribution in [2.24, 2.45) is 0 Å². The van der Waals surface area contributed by atoms with Gasteiger partial charge in [-0.1, -0.05) is 54.2 Å². The molecule has 0 atom stereocenters. The SMILES string of the molecule is COc1cccc(CNC(=O)Cc2cc(=O)[nH]c(SCC(=O)NCc3ccccc3)n2)c1. The summed E-state index contributed by atoms with van der Waals surface area (Å²) in [6.45, 7) is 0.764. The van der Waals surface area contributed by atoms with Crippen LogP contribution in [0.3, 0.4) is 0 Å². The topological polar surface area (TPSA) is 113 Å². The van der Waals surface area contributed by atoms with E-state index in [0.29, 0.717) is 29.7 Å². The first-order valence-electron chi connectivity index (χ1n) is 9.95. The fourth-order valence-corrected chi connectivity index (χ4v) is 3.56. The number of carbonyl (C=O) groups excluding carboxylic acids is 2. The number of nitrogens with one attached hydrogen (secondary N) is 3. The van der Waals surface area contributed by atoms with Gasteiger partial charge in [-0.2, -0.15) is 0 Å². The summed E-state index contributed by atoms with van der Waals surface area (Å²) in [5.41, 5.74) is 1.86. The van der Waals surface area contributed by atoms with Gasteiger partial charge in [-0.05, 0) is 23.3 Å². The van der Waals surface area contributed by atoms with E-state index in [2.05, 4.69) is 20.6 Å². The summed E-state index contributed by atoms with van der Waals surface area (Å²) in [7, 11) is 1.58. The maximum atomic E-state index is 12.3. The van der Waals surface area contributed by atoms with Crippen LogP contribution >= 0.6 is 11.8 Å². The number of nitrogens with zero attached hydrogens (tertiary/aromatic N) is 1. The van der Waals surface area contributed by atoms with Crippen LogP contribution < -0.4 is 20.9 Å². The Morgan fingerprint density at radius 3 is 2.47 bits per heavy atom. The first-order chi connectivity index (χ1) is 15.5. The Balaban J connectivity index is 1.49. The molecule has 0 fully saturated rings. The number of aromatic amines is 1. The van der Waals surface area contributed by atoms with Crippen molar-refractivity contribution in [2.75, 3.05) is 12.9 Å². The largest absolute Gasteiger partial charge is 0.497 e. The van der Waals surface area contributed by atoms with Crippen LogP contribution in [0.4, 0.5) is 0 Å². The second kappa shape index (κ2) is 11.7. The van der Waals surface area contributed by atoms with E-state index in [1.165, 1.54) is 6.07 Å². The number of aromatic nitrogens is 2. The second-order valence-electron chi connectivity index (χ2n) is 6.90. The zero-order chi connectivity index (χ0) is 22.8. The Kier molecular flexibility index (Phi) is 8.44. The van der Waals surface area contributed by atoms with Gasteiger partial charge >= 0.3 is 0 Å². The van der Waals surface area contributed by atoms with Crippen molar-refractivity contribution >= 4 is 23.6 Å². The number of H-pyrrole nitrogens is 1. The summed E-state index contributed by atoms with van der Waals surface area (Å²) >= 11 is 1.11. The lowest BCUT2D eigenvalue weighted by Crippen LogP contribution is -2.26. The Labute approximate surface area is 189 Å². The zero-order valence-corrected chi connectivity index (χ0v) is 18.4. The number of carbonyl (C=O) groups is 2. The van der Waals surface area contributed by atoms with Crippen molar-refractivity contribution in [3.8, 4) is 5.75 Å². The molecule has 3 N–H and O–H groups in total. The van der Waals surface area contributed by atoms with E-state index in [0.717, 1.165) is 22.9 Å². The van der Waals surface area contributed by atoms with Gasteiger partial charge in [0.1, 0.15) is 5.75 Å². The van der Waals surface area contributed by atoms with Gasteiger partial charge in [0.25, 0.3) is 5.56 Å². The van der Waals surface area contributed by atoms with Gasteiger partial charge in [0, 0.05) is 19.2 Å². The summed E-state index contributed by atoms with van der Waals surface area (Å²) in [6, 6.07) is 18.2. The van der Waals surface area contributed by atoms with Crippen molar-refractivity contribution in [3.63, 3.8) is 0 Å². The highest BCUT2D eigenvalue weighted by Gasteiger charge is 2.10. The molecule has 3 aromatic rings. The van der Waals surface area contributed by atoms with Gasteiger partial charge in [-0.25, -0.2) is 4.98 Å². The third kappa shape index (κ3) is 7.59. The fourth-order valence-electron chi connectivity index (χ4n) is 2.83. The van der Waals surface area contributed by atoms with Crippen molar-refractivity contribution in [1.29, 1.82) is 0 Å². The number of ether oxygens (including phenoxy) is 1. The second-order valence-corrected chi connectivity index (χ2v) is 7.86. The molecule has 0 spiro atoms. The lowest BCUT2D eigenvalue weighted by molar-refractivity contribution is -0.121. The van der Waals surface area contributed by atoms with Crippen LogP contribution in [0.15, 0.2) is 70.6 Å². The number of benzene rings is 2. The number of hydrogen-bond donors (Lipinski definition) is 3. The number of amides is 2. The molecule has 1 heterocycles. The number of thioether (sulfide) groups is 1. The highest BCUT2D eigenvalue weighted by molar-refractivity contribution is 7.99. The van der Waals surface area contributed by atoms with Gasteiger partial charge in [0.2, 0.25) is 11.8 Å². The van der Waals surface area contributed by atoms with Gasteiger partial charge in [-0.15, -0.1) is 0 Å². The lowest BCUT2D eigenvalue weighted by Gasteiger charge is -2.08. The van der Waals surface area contributed by atoms with Crippen molar-refractivity contribution < 1.29 is 14.3 Å². The molecule has 9 heteroatoms. The highest BCUT2D eigenvalue weighted by Crippen LogP contribution is 2.13. The molecule has 2 amide bonds. The quantitative estimate of drug-likeness (QED) is 0.321. The minimum absolute atomic E-state index is 0.0400. The minimum atomic E-state index is -0.372. The van der Waals surface area contributed by atoms with Crippen LogP contribution in [0.1, 0.15) is 16.8 Å². The Morgan fingerprint density at radius 1 is 0.969 bits per heavy atom. The van der Waals surface area contributed by atoms with Gasteiger partial charge < -0.3 is 20.4 Å². The molecule has 0 aliphatic rings. The Morgan fingerprint density at radius 2 is 1.69 bits per heavy atom. The standard InChI is InChI=1S/C23H24N4O4S/c1-31-19-9-5-8-17(10-19)14-24-20(28)11-18-12-21(29)27-23(26-18)32-15-22(30)25-13-16-6-3-2-4-7-16/h2-10,12H,11,13-15H2,1H3,(H,24,28)(H,25,30)(H,26,27,29). The van der Waals surface area contributed by atoms with Crippen molar-refractivity contribution in [3.05, 3.63) is 87.8 Å². The zero-order valence-electron chi connectivity index (χ0n) is 17.6. The van der Waals surface area contributed by atoms with Gasteiger partial charge in [-0.3, -0.25) is 14.4 Å². The lowest BCUT2D eigenvalue weighted by atomic mass is 10.2. The van der Waals surface area contributed by atoms with Gasteiger partial charge in [0.05, 0.1) is 25.0 Å². The molecule has 0 aliphatic heterocycles. The maximum absolute atomic E-state index is 12.3. The molecule has 8 nitrogen and oxygen atoms in total. The van der Waals surface area contributed by atoms with Crippen molar-refractivity contribution in [2.45, 2.75) is 24.7 Å². The molecule has 166 valence electrons. The van der Waals surface area contributed by atoms with E-state index in [9.17, 15) is 14.4 Å². The van der Waals surface area contributed by atoms with Crippen LogP contribution in [0, 0.1) is 0 Å². The Bertz CT molecular complexity index is 1120. The summed E-state index contributed by atoms with van der Waals surface area (Å²) in [4.78, 5) is 43.2. The first-order valence-corrected chi connectivity index (χ1v) is 10.9. The highest BCUT2D eigenvalue weighted by atomic mass is 32.2.